The van der Waals surface area contributed by atoms with Crippen LogP contribution in [0.2, 0.25) is 0 Å². The van der Waals surface area contributed by atoms with Gasteiger partial charge in [-0.25, -0.2) is 9.19 Å². The summed E-state index contributed by atoms with van der Waals surface area (Å²) in [5.74, 6) is 1.47. The molecule has 0 amide bonds. The Morgan fingerprint density at radius 3 is 2.86 bits per heavy atom. The zero-order valence-corrected chi connectivity index (χ0v) is 14.5. The van der Waals surface area contributed by atoms with Gasteiger partial charge in [0.2, 0.25) is 11.1 Å². The van der Waals surface area contributed by atoms with E-state index in [1.807, 2.05) is 6.07 Å². The first-order chi connectivity index (χ1) is 10.4. The van der Waals surface area contributed by atoms with Crippen molar-refractivity contribution in [3.05, 3.63) is 18.2 Å². The third-order valence-corrected chi connectivity index (χ3v) is 5.19. The van der Waals surface area contributed by atoms with Crippen LogP contribution < -0.4 is 5.32 Å². The predicted molar refractivity (Wildman–Crippen MR) is 90.4 cm³/mol. The third-order valence-electron chi connectivity index (χ3n) is 4.60. The number of hydrogen-bond acceptors (Lipinski definition) is 4. The monoisotopic (exact) mass is 325 g/mol. The highest BCUT2D eigenvalue weighted by atomic mass is 32.2. The number of rotatable bonds is 7. The molecule has 0 aliphatic carbocycles. The fourth-order valence-corrected chi connectivity index (χ4v) is 3.51. The predicted octanol–water partition coefficient (Wildman–Crippen LogP) is 2.97. The van der Waals surface area contributed by atoms with Crippen molar-refractivity contribution in [3.63, 3.8) is 0 Å². The molecule has 0 spiro atoms. The van der Waals surface area contributed by atoms with E-state index in [0.29, 0.717) is 11.4 Å². The van der Waals surface area contributed by atoms with Crippen molar-refractivity contribution in [1.29, 1.82) is 0 Å². The van der Waals surface area contributed by atoms with Crippen molar-refractivity contribution < 1.29 is 8.76 Å². The summed E-state index contributed by atoms with van der Waals surface area (Å²) in [6.45, 7) is 6.68. The molecule has 1 saturated heterocycles. The van der Waals surface area contributed by atoms with Crippen LogP contribution in [0.15, 0.2) is 23.2 Å². The van der Waals surface area contributed by atoms with Gasteiger partial charge in [0, 0.05) is 18.6 Å². The van der Waals surface area contributed by atoms with E-state index in [-0.39, 0.29) is 5.03 Å². The molecule has 5 nitrogen and oxygen atoms in total. The van der Waals surface area contributed by atoms with Crippen molar-refractivity contribution >= 4 is 16.9 Å². The van der Waals surface area contributed by atoms with Crippen LogP contribution >= 0.6 is 0 Å². The van der Waals surface area contributed by atoms with E-state index in [2.05, 4.69) is 36.1 Å². The number of likely N-dealkylation sites (tertiary alicyclic amines) is 1. The summed E-state index contributed by atoms with van der Waals surface area (Å²) in [6, 6.07) is 5.12. The first-order valence-electron chi connectivity index (χ1n) is 7.91. The Labute approximate surface area is 135 Å². The minimum Gasteiger partial charge on any atom is -0.370 e. The second-order valence-corrected chi connectivity index (χ2v) is 7.71. The van der Waals surface area contributed by atoms with Crippen molar-refractivity contribution in [2.24, 2.45) is 5.92 Å². The number of pyridine rings is 1. The Balaban J connectivity index is 1.66. The highest BCUT2D eigenvalue weighted by molar-refractivity contribution is 7.79. The molecule has 1 aliphatic rings. The van der Waals surface area contributed by atoms with Gasteiger partial charge in [0.25, 0.3) is 0 Å². The van der Waals surface area contributed by atoms with Crippen LogP contribution in [-0.4, -0.2) is 44.3 Å². The van der Waals surface area contributed by atoms with E-state index in [1.54, 1.807) is 12.1 Å². The molecule has 1 aliphatic heterocycles. The quantitative estimate of drug-likeness (QED) is 0.596. The van der Waals surface area contributed by atoms with Gasteiger partial charge >= 0.3 is 0 Å². The Kier molecular flexibility index (Phi) is 5.94. The lowest BCUT2D eigenvalue weighted by atomic mass is 9.93. The molecule has 22 heavy (non-hydrogen) atoms. The van der Waals surface area contributed by atoms with Crippen LogP contribution in [0.4, 0.5) is 5.82 Å². The Hall–Kier alpha value is -0.980. The lowest BCUT2D eigenvalue weighted by Gasteiger charge is -2.26. The maximum atomic E-state index is 11.0. The lowest BCUT2D eigenvalue weighted by molar-refractivity contribution is 0.218. The number of nitrogens with one attached hydrogen (secondary N) is 1. The fourth-order valence-electron chi connectivity index (χ4n) is 3.14. The van der Waals surface area contributed by atoms with Crippen LogP contribution in [0.5, 0.6) is 0 Å². The van der Waals surface area contributed by atoms with Crippen molar-refractivity contribution in [1.82, 2.24) is 9.88 Å². The van der Waals surface area contributed by atoms with Crippen molar-refractivity contribution in [2.45, 2.75) is 50.1 Å². The van der Waals surface area contributed by atoms with E-state index < -0.39 is 11.1 Å². The Morgan fingerprint density at radius 1 is 1.45 bits per heavy atom. The zero-order chi connectivity index (χ0) is 16.2. The van der Waals surface area contributed by atoms with Gasteiger partial charge in [0.15, 0.2) is 5.03 Å². The standard InChI is InChI=1S/C16H27N3O2S/c1-16(2)11-13(12-19(16)3)7-4-5-10-17-14-8-6-9-15(18-14)22(20)21/h6,8-9,13H,4-5,7,10-12H2,1-3H3,(H,17,18)(H,20,21). The van der Waals surface area contributed by atoms with Gasteiger partial charge in [0.1, 0.15) is 5.82 Å². The number of nitrogens with zero attached hydrogens (tertiary/aromatic N) is 2. The Morgan fingerprint density at radius 2 is 2.23 bits per heavy atom. The lowest BCUT2D eigenvalue weighted by Crippen LogP contribution is -2.34. The molecule has 1 aromatic rings. The first-order valence-corrected chi connectivity index (χ1v) is 9.02. The molecule has 1 aromatic heterocycles. The van der Waals surface area contributed by atoms with Gasteiger partial charge in [-0.15, -0.1) is 0 Å². The normalized spacial score (nSPS) is 22.6. The van der Waals surface area contributed by atoms with Crippen LogP contribution in [0.25, 0.3) is 0 Å². The molecular formula is C16H27N3O2S. The van der Waals surface area contributed by atoms with Gasteiger partial charge in [-0.2, -0.15) is 0 Å². The van der Waals surface area contributed by atoms with E-state index in [4.69, 9.17) is 4.55 Å². The molecule has 2 heterocycles. The van der Waals surface area contributed by atoms with Crippen LogP contribution in [0, 0.1) is 5.92 Å². The number of hydrogen-bond donors (Lipinski definition) is 2. The average Bonchev–Trinajstić information content (AvgIpc) is 2.72. The molecule has 2 rings (SSSR count). The highest BCUT2D eigenvalue weighted by Gasteiger charge is 2.34. The van der Waals surface area contributed by atoms with Gasteiger partial charge in [-0.1, -0.05) is 12.5 Å². The summed E-state index contributed by atoms with van der Waals surface area (Å²) in [7, 11) is 2.21. The van der Waals surface area contributed by atoms with Gasteiger partial charge in [-0.05, 0) is 58.2 Å². The molecule has 6 heteroatoms. The minimum absolute atomic E-state index is 0.196. The molecule has 0 saturated carbocycles. The first kappa shape index (κ1) is 17.4. The van der Waals surface area contributed by atoms with Gasteiger partial charge in [-0.3, -0.25) is 0 Å². The topological polar surface area (TPSA) is 65.5 Å². The molecule has 2 unspecified atom stereocenters. The van der Waals surface area contributed by atoms with Gasteiger partial charge < -0.3 is 14.8 Å². The van der Waals surface area contributed by atoms with Gasteiger partial charge in [0.05, 0.1) is 0 Å². The van der Waals surface area contributed by atoms with Crippen molar-refractivity contribution in [3.8, 4) is 0 Å². The summed E-state index contributed by atoms with van der Waals surface area (Å²) in [5, 5.41) is 3.42. The second-order valence-electron chi connectivity index (χ2n) is 6.80. The molecule has 124 valence electrons. The SMILES string of the molecule is CN1CC(CCCCNc2cccc(S(=O)O)n2)CC1(C)C. The smallest absolute Gasteiger partial charge is 0.205 e. The van der Waals surface area contributed by atoms with E-state index in [0.717, 1.165) is 18.9 Å². The third kappa shape index (κ3) is 4.76. The zero-order valence-electron chi connectivity index (χ0n) is 13.7. The van der Waals surface area contributed by atoms with E-state index >= 15 is 0 Å². The molecule has 2 atom stereocenters. The van der Waals surface area contributed by atoms with E-state index in [1.165, 1.54) is 25.8 Å². The fraction of sp³-hybridized carbons (Fsp3) is 0.688. The summed E-state index contributed by atoms with van der Waals surface area (Å²) >= 11 is -2.02. The maximum Gasteiger partial charge on any atom is 0.205 e. The second kappa shape index (κ2) is 7.53. The van der Waals surface area contributed by atoms with Crippen LogP contribution in [-0.2, 0) is 11.1 Å². The van der Waals surface area contributed by atoms with E-state index in [9.17, 15) is 4.21 Å². The largest absolute Gasteiger partial charge is 0.370 e. The van der Waals surface area contributed by atoms with Crippen LogP contribution in [0.3, 0.4) is 0 Å². The maximum absolute atomic E-state index is 11.0. The molecule has 0 bridgehead atoms. The number of unbranched alkanes of at least 4 members (excludes halogenated alkanes) is 1. The summed E-state index contributed by atoms with van der Waals surface area (Å²) in [6.07, 6.45) is 4.84. The molecule has 0 aromatic carbocycles. The van der Waals surface area contributed by atoms with Crippen LogP contribution in [0.1, 0.15) is 39.5 Å². The molecular weight excluding hydrogens is 298 g/mol. The molecule has 0 radical (unpaired) electrons. The summed E-state index contributed by atoms with van der Waals surface area (Å²) in [5.41, 5.74) is 0.340. The summed E-state index contributed by atoms with van der Waals surface area (Å²) in [4.78, 5) is 6.57. The average molecular weight is 325 g/mol. The highest BCUT2D eigenvalue weighted by Crippen LogP contribution is 2.33. The van der Waals surface area contributed by atoms with Crippen molar-refractivity contribution in [2.75, 3.05) is 25.5 Å². The summed E-state index contributed by atoms with van der Waals surface area (Å²) < 4.78 is 20.0. The molecule has 2 N–H and O–H groups in total. The number of anilines is 1. The molecule has 1 fully saturated rings. The number of aromatic nitrogens is 1. The Bertz CT molecular complexity index is 522. The minimum atomic E-state index is -2.02.